The fourth-order valence-electron chi connectivity index (χ4n) is 3.84. The van der Waals surface area contributed by atoms with Crippen molar-refractivity contribution in [2.45, 2.75) is 44.7 Å². The molecular formula is C20H22F3N5O3. The molecule has 0 spiro atoms. The predicted molar refractivity (Wildman–Crippen MR) is 103 cm³/mol. The normalized spacial score (nSPS) is 15.6. The Morgan fingerprint density at radius 3 is 2.65 bits per heavy atom. The van der Waals surface area contributed by atoms with Gasteiger partial charge in [0.25, 0.3) is 5.88 Å². The van der Waals surface area contributed by atoms with E-state index in [0.29, 0.717) is 55.4 Å². The van der Waals surface area contributed by atoms with E-state index in [2.05, 4.69) is 15.2 Å². The molecule has 0 bridgehead atoms. The summed E-state index contributed by atoms with van der Waals surface area (Å²) in [7, 11) is 1.48. The molecule has 31 heavy (non-hydrogen) atoms. The third kappa shape index (κ3) is 4.49. The summed E-state index contributed by atoms with van der Waals surface area (Å²) in [6.45, 7) is 2.57. The first-order chi connectivity index (χ1) is 14.7. The Labute approximate surface area is 176 Å². The zero-order valence-corrected chi connectivity index (χ0v) is 17.1. The number of likely N-dealkylation sites (tertiary alicyclic amines) is 1. The van der Waals surface area contributed by atoms with Crippen LogP contribution >= 0.6 is 0 Å². The number of aromatic nitrogens is 4. The minimum absolute atomic E-state index is 0.0281. The molecule has 0 aliphatic carbocycles. The molecule has 166 valence electrons. The van der Waals surface area contributed by atoms with E-state index in [9.17, 15) is 18.0 Å². The van der Waals surface area contributed by atoms with Crippen molar-refractivity contribution in [3.05, 3.63) is 41.0 Å². The van der Waals surface area contributed by atoms with Gasteiger partial charge in [-0.3, -0.25) is 4.79 Å². The lowest BCUT2D eigenvalue weighted by Crippen LogP contribution is -2.38. The maximum absolute atomic E-state index is 13.5. The Morgan fingerprint density at radius 1 is 1.26 bits per heavy atom. The van der Waals surface area contributed by atoms with Crippen molar-refractivity contribution in [3.63, 3.8) is 0 Å². The van der Waals surface area contributed by atoms with Gasteiger partial charge in [0.15, 0.2) is 5.65 Å². The molecule has 3 aromatic rings. The van der Waals surface area contributed by atoms with Crippen LogP contribution in [0.3, 0.4) is 0 Å². The molecule has 1 aliphatic rings. The molecule has 1 saturated heterocycles. The number of rotatable bonds is 5. The maximum atomic E-state index is 13.5. The monoisotopic (exact) mass is 437 g/mol. The van der Waals surface area contributed by atoms with Gasteiger partial charge in [0.1, 0.15) is 11.5 Å². The van der Waals surface area contributed by atoms with Crippen molar-refractivity contribution in [3.8, 4) is 5.88 Å². The van der Waals surface area contributed by atoms with Crippen LogP contribution in [0.1, 0.15) is 48.0 Å². The van der Waals surface area contributed by atoms with Crippen LogP contribution in [0.5, 0.6) is 5.88 Å². The highest BCUT2D eigenvalue weighted by atomic mass is 19.4. The summed E-state index contributed by atoms with van der Waals surface area (Å²) in [6.07, 6.45) is -2.76. The summed E-state index contributed by atoms with van der Waals surface area (Å²) in [4.78, 5) is 18.7. The lowest BCUT2D eigenvalue weighted by atomic mass is 9.92. The quantitative estimate of drug-likeness (QED) is 0.608. The van der Waals surface area contributed by atoms with E-state index in [1.54, 1.807) is 17.9 Å². The van der Waals surface area contributed by atoms with Gasteiger partial charge in [-0.05, 0) is 31.0 Å². The van der Waals surface area contributed by atoms with Crippen molar-refractivity contribution < 1.29 is 27.2 Å². The average Bonchev–Trinajstić information content (AvgIpc) is 3.35. The van der Waals surface area contributed by atoms with E-state index in [0.717, 1.165) is 10.6 Å². The molecule has 8 nitrogen and oxygen atoms in total. The van der Waals surface area contributed by atoms with Gasteiger partial charge >= 0.3 is 6.18 Å². The van der Waals surface area contributed by atoms with Crippen LogP contribution in [0.4, 0.5) is 13.2 Å². The van der Waals surface area contributed by atoms with Crippen LogP contribution in [-0.4, -0.2) is 50.8 Å². The van der Waals surface area contributed by atoms with E-state index in [1.165, 1.54) is 13.2 Å². The van der Waals surface area contributed by atoms with Gasteiger partial charge in [-0.1, -0.05) is 0 Å². The van der Waals surface area contributed by atoms with Crippen molar-refractivity contribution in [1.82, 2.24) is 24.7 Å². The second-order valence-electron chi connectivity index (χ2n) is 7.61. The molecule has 1 aliphatic heterocycles. The molecule has 0 N–H and O–H groups in total. The van der Waals surface area contributed by atoms with Gasteiger partial charge in [-0.2, -0.15) is 18.3 Å². The first kappa shape index (κ1) is 21.1. The zero-order valence-electron chi connectivity index (χ0n) is 17.1. The van der Waals surface area contributed by atoms with Gasteiger partial charge in [-0.15, -0.1) is 0 Å². The van der Waals surface area contributed by atoms with Crippen molar-refractivity contribution in [2.75, 3.05) is 20.2 Å². The highest BCUT2D eigenvalue weighted by Gasteiger charge is 2.36. The molecule has 0 saturated carbocycles. The summed E-state index contributed by atoms with van der Waals surface area (Å²) in [6, 6.07) is 4.26. The second-order valence-corrected chi connectivity index (χ2v) is 7.61. The number of carbonyl (C=O) groups excluding carboxylic acids is 1. The van der Waals surface area contributed by atoms with E-state index < -0.39 is 11.9 Å². The number of amides is 1. The summed E-state index contributed by atoms with van der Waals surface area (Å²) in [5.74, 6) is 0.747. The molecule has 1 fully saturated rings. The summed E-state index contributed by atoms with van der Waals surface area (Å²) in [5, 5.41) is 7.62. The fraction of sp³-hybridized carbons (Fsp3) is 0.500. The Morgan fingerprint density at radius 2 is 2.00 bits per heavy atom. The van der Waals surface area contributed by atoms with E-state index in [4.69, 9.17) is 9.26 Å². The molecule has 4 heterocycles. The van der Waals surface area contributed by atoms with Crippen molar-refractivity contribution >= 4 is 11.6 Å². The molecule has 0 unspecified atom stereocenters. The van der Waals surface area contributed by atoms with Crippen LogP contribution in [0.25, 0.3) is 5.65 Å². The number of nitrogens with zero attached hydrogens (tertiary/aromatic N) is 5. The minimum Gasteiger partial charge on any atom is -0.479 e. The van der Waals surface area contributed by atoms with E-state index >= 15 is 0 Å². The van der Waals surface area contributed by atoms with Gasteiger partial charge in [0.2, 0.25) is 5.91 Å². The zero-order chi connectivity index (χ0) is 22.2. The van der Waals surface area contributed by atoms with Gasteiger partial charge < -0.3 is 14.2 Å². The van der Waals surface area contributed by atoms with Crippen LogP contribution < -0.4 is 4.74 Å². The molecule has 0 aromatic carbocycles. The topological polar surface area (TPSA) is 85.8 Å². The molecule has 3 aromatic heterocycles. The van der Waals surface area contributed by atoms with Gasteiger partial charge in [0, 0.05) is 49.7 Å². The molecular weight excluding hydrogens is 415 g/mol. The van der Waals surface area contributed by atoms with Crippen LogP contribution in [0.15, 0.2) is 22.7 Å². The Balaban J connectivity index is 1.41. The highest BCUT2D eigenvalue weighted by Crippen LogP contribution is 2.34. The number of alkyl halides is 3. The number of ether oxygens (including phenoxy) is 1. The summed E-state index contributed by atoms with van der Waals surface area (Å²) in [5.41, 5.74) is 0.213. The number of methoxy groups -OCH3 is 1. The van der Waals surface area contributed by atoms with E-state index in [1.807, 2.05) is 0 Å². The number of carbonyl (C=O) groups is 1. The third-order valence-corrected chi connectivity index (χ3v) is 5.46. The third-order valence-electron chi connectivity index (χ3n) is 5.46. The Hall–Kier alpha value is -3.11. The smallest absolute Gasteiger partial charge is 0.433 e. The van der Waals surface area contributed by atoms with Crippen LogP contribution in [-0.2, 0) is 17.4 Å². The highest BCUT2D eigenvalue weighted by molar-refractivity contribution is 5.76. The van der Waals surface area contributed by atoms with E-state index in [-0.39, 0.29) is 23.9 Å². The molecule has 1 amide bonds. The summed E-state index contributed by atoms with van der Waals surface area (Å²) < 4.78 is 51.5. The van der Waals surface area contributed by atoms with Gasteiger partial charge in [0.05, 0.1) is 12.8 Å². The Bertz CT molecular complexity index is 1080. The molecule has 0 radical (unpaired) electrons. The number of hydrogen-bond donors (Lipinski definition) is 0. The predicted octanol–water partition coefficient (Wildman–Crippen LogP) is 3.39. The van der Waals surface area contributed by atoms with Crippen LogP contribution in [0, 0.1) is 6.92 Å². The first-order valence-corrected chi connectivity index (χ1v) is 9.96. The Kier molecular flexibility index (Phi) is 5.59. The van der Waals surface area contributed by atoms with Crippen molar-refractivity contribution in [1.29, 1.82) is 0 Å². The van der Waals surface area contributed by atoms with Crippen molar-refractivity contribution in [2.24, 2.45) is 0 Å². The second kappa shape index (κ2) is 8.20. The molecule has 4 rings (SSSR count). The first-order valence-electron chi connectivity index (χ1n) is 9.96. The van der Waals surface area contributed by atoms with Gasteiger partial charge in [-0.25, -0.2) is 9.50 Å². The number of aryl methyl sites for hydroxylation is 2. The number of halogens is 3. The number of piperidine rings is 1. The molecule has 11 heteroatoms. The standard InChI is InChI=1S/C20H22F3N5O3/c1-12-9-17-24-15(11-16(20(21,22)23)28(17)25-12)13-5-7-27(8-6-13)19(29)4-3-14-10-18(30-2)26-31-14/h9-11,13H,3-8H2,1-2H3. The SMILES string of the molecule is COc1cc(CCC(=O)N2CCC(c3cc(C(F)(F)F)n4nc(C)cc4n3)CC2)on1. The maximum Gasteiger partial charge on any atom is 0.433 e. The lowest BCUT2D eigenvalue weighted by molar-refractivity contribution is -0.142. The number of hydrogen-bond acceptors (Lipinski definition) is 6. The summed E-state index contributed by atoms with van der Waals surface area (Å²) >= 11 is 0. The minimum atomic E-state index is -4.53. The number of fused-ring (bicyclic) bond motifs is 1. The lowest BCUT2D eigenvalue weighted by Gasteiger charge is -2.32. The van der Waals surface area contributed by atoms with Crippen LogP contribution in [0.2, 0.25) is 0 Å². The molecule has 0 atom stereocenters. The fourth-order valence-corrected chi connectivity index (χ4v) is 3.84. The average molecular weight is 437 g/mol. The largest absolute Gasteiger partial charge is 0.479 e.